The standard InChI is InChI=1S/C8H13N3O2/c9-5-8-11-10-7(13-8)4-6-2-1-3-12-6/h6H,1-5,9H2. The monoisotopic (exact) mass is 183 g/mol. The van der Waals surface area contributed by atoms with Gasteiger partial charge in [0.2, 0.25) is 11.8 Å². The van der Waals surface area contributed by atoms with Crippen LogP contribution in [0.15, 0.2) is 4.42 Å². The molecule has 0 saturated carbocycles. The third-order valence-electron chi connectivity index (χ3n) is 2.11. The van der Waals surface area contributed by atoms with E-state index in [4.69, 9.17) is 14.9 Å². The van der Waals surface area contributed by atoms with Crippen LogP contribution in [0.1, 0.15) is 24.6 Å². The zero-order valence-corrected chi connectivity index (χ0v) is 7.40. The highest BCUT2D eigenvalue weighted by Crippen LogP contribution is 2.16. The van der Waals surface area contributed by atoms with Crippen molar-refractivity contribution in [1.29, 1.82) is 0 Å². The summed E-state index contributed by atoms with van der Waals surface area (Å²) in [5.74, 6) is 1.13. The summed E-state index contributed by atoms with van der Waals surface area (Å²) >= 11 is 0. The molecule has 5 nitrogen and oxygen atoms in total. The molecule has 2 N–H and O–H groups in total. The molecule has 0 aromatic carbocycles. The summed E-state index contributed by atoms with van der Waals surface area (Å²) in [7, 11) is 0. The Morgan fingerprint density at radius 1 is 1.38 bits per heavy atom. The molecule has 1 unspecified atom stereocenters. The van der Waals surface area contributed by atoms with Gasteiger partial charge >= 0.3 is 0 Å². The smallest absolute Gasteiger partial charge is 0.230 e. The van der Waals surface area contributed by atoms with Crippen molar-refractivity contribution in [2.45, 2.75) is 31.9 Å². The highest BCUT2D eigenvalue weighted by Gasteiger charge is 2.18. The second-order valence-corrected chi connectivity index (χ2v) is 3.13. The minimum Gasteiger partial charge on any atom is -0.424 e. The Labute approximate surface area is 76.3 Å². The molecule has 1 aromatic rings. The molecule has 1 aromatic heterocycles. The fourth-order valence-electron chi connectivity index (χ4n) is 1.45. The largest absolute Gasteiger partial charge is 0.424 e. The van der Waals surface area contributed by atoms with Gasteiger partial charge in [0.25, 0.3) is 0 Å². The van der Waals surface area contributed by atoms with E-state index >= 15 is 0 Å². The van der Waals surface area contributed by atoms with E-state index in [0.29, 0.717) is 24.7 Å². The highest BCUT2D eigenvalue weighted by molar-refractivity contribution is 4.85. The molecule has 72 valence electrons. The van der Waals surface area contributed by atoms with Gasteiger partial charge in [-0.3, -0.25) is 0 Å². The zero-order chi connectivity index (χ0) is 9.10. The van der Waals surface area contributed by atoms with Crippen LogP contribution < -0.4 is 5.73 Å². The van der Waals surface area contributed by atoms with E-state index in [1.807, 2.05) is 0 Å². The van der Waals surface area contributed by atoms with E-state index in [-0.39, 0.29) is 6.10 Å². The molecule has 2 rings (SSSR count). The fourth-order valence-corrected chi connectivity index (χ4v) is 1.45. The lowest BCUT2D eigenvalue weighted by Crippen LogP contribution is -2.08. The van der Waals surface area contributed by atoms with Gasteiger partial charge in [0.1, 0.15) is 0 Å². The maximum absolute atomic E-state index is 5.44. The van der Waals surface area contributed by atoms with Gasteiger partial charge in [-0.1, -0.05) is 0 Å². The van der Waals surface area contributed by atoms with Crippen LogP contribution in [0.3, 0.4) is 0 Å². The minimum absolute atomic E-state index is 0.256. The second kappa shape index (κ2) is 3.85. The molecule has 0 amide bonds. The van der Waals surface area contributed by atoms with Crippen molar-refractivity contribution in [3.05, 3.63) is 11.8 Å². The summed E-state index contributed by atoms with van der Waals surface area (Å²) < 4.78 is 10.7. The third kappa shape index (κ3) is 2.05. The molecule has 0 spiro atoms. The maximum Gasteiger partial charge on any atom is 0.230 e. The third-order valence-corrected chi connectivity index (χ3v) is 2.11. The Kier molecular flexibility index (Phi) is 2.56. The normalized spacial score (nSPS) is 22.4. The van der Waals surface area contributed by atoms with Crippen molar-refractivity contribution in [3.8, 4) is 0 Å². The minimum atomic E-state index is 0.256. The topological polar surface area (TPSA) is 74.2 Å². The molecular weight excluding hydrogens is 170 g/mol. The molecule has 0 aliphatic carbocycles. The van der Waals surface area contributed by atoms with Crippen molar-refractivity contribution in [1.82, 2.24) is 10.2 Å². The quantitative estimate of drug-likeness (QED) is 0.727. The van der Waals surface area contributed by atoms with Gasteiger partial charge in [-0.25, -0.2) is 0 Å². The van der Waals surface area contributed by atoms with E-state index in [1.54, 1.807) is 0 Å². The maximum atomic E-state index is 5.44. The molecule has 2 heterocycles. The van der Waals surface area contributed by atoms with Crippen LogP contribution in [-0.4, -0.2) is 22.9 Å². The Bertz CT molecular complexity index is 268. The fraction of sp³-hybridized carbons (Fsp3) is 0.750. The van der Waals surface area contributed by atoms with Gasteiger partial charge in [-0.2, -0.15) is 0 Å². The molecule has 1 atom stereocenters. The molecule has 0 radical (unpaired) electrons. The van der Waals surface area contributed by atoms with Gasteiger partial charge in [-0.05, 0) is 12.8 Å². The first-order valence-corrected chi connectivity index (χ1v) is 4.51. The van der Waals surface area contributed by atoms with E-state index in [1.165, 1.54) is 0 Å². The van der Waals surface area contributed by atoms with Crippen molar-refractivity contribution in [2.24, 2.45) is 5.73 Å². The number of aromatic nitrogens is 2. The lowest BCUT2D eigenvalue weighted by atomic mass is 10.2. The average molecular weight is 183 g/mol. The number of nitrogens with zero attached hydrogens (tertiary/aromatic N) is 2. The van der Waals surface area contributed by atoms with Crippen molar-refractivity contribution in [2.75, 3.05) is 6.61 Å². The van der Waals surface area contributed by atoms with Crippen LogP contribution in [0.5, 0.6) is 0 Å². The van der Waals surface area contributed by atoms with E-state index in [2.05, 4.69) is 10.2 Å². The summed E-state index contributed by atoms with van der Waals surface area (Å²) in [6, 6.07) is 0. The molecule has 1 aliphatic rings. The summed E-state index contributed by atoms with van der Waals surface area (Å²) in [4.78, 5) is 0. The summed E-state index contributed by atoms with van der Waals surface area (Å²) in [5.41, 5.74) is 5.34. The Hall–Kier alpha value is -0.940. The van der Waals surface area contributed by atoms with Gasteiger partial charge in [0, 0.05) is 6.61 Å². The number of rotatable bonds is 3. The predicted octanol–water partition coefficient (Wildman–Crippen LogP) is 0.250. The number of hydrogen-bond acceptors (Lipinski definition) is 5. The lowest BCUT2D eigenvalue weighted by molar-refractivity contribution is 0.105. The molecule has 0 bridgehead atoms. The van der Waals surface area contributed by atoms with Crippen LogP contribution >= 0.6 is 0 Å². The van der Waals surface area contributed by atoms with Gasteiger partial charge in [-0.15, -0.1) is 10.2 Å². The van der Waals surface area contributed by atoms with Crippen molar-refractivity contribution >= 4 is 0 Å². The van der Waals surface area contributed by atoms with Crippen LogP contribution in [0.4, 0.5) is 0 Å². The molecule has 5 heteroatoms. The average Bonchev–Trinajstić information content (AvgIpc) is 2.76. The molecular formula is C8H13N3O2. The second-order valence-electron chi connectivity index (χ2n) is 3.13. The first-order valence-electron chi connectivity index (χ1n) is 4.51. The van der Waals surface area contributed by atoms with Crippen LogP contribution in [-0.2, 0) is 17.7 Å². The Morgan fingerprint density at radius 3 is 2.85 bits per heavy atom. The van der Waals surface area contributed by atoms with E-state index in [9.17, 15) is 0 Å². The van der Waals surface area contributed by atoms with Gasteiger partial charge in [0.05, 0.1) is 19.1 Å². The molecule has 13 heavy (non-hydrogen) atoms. The molecule has 1 aliphatic heterocycles. The van der Waals surface area contributed by atoms with Crippen molar-refractivity contribution in [3.63, 3.8) is 0 Å². The van der Waals surface area contributed by atoms with Crippen LogP contribution in [0.25, 0.3) is 0 Å². The van der Waals surface area contributed by atoms with Crippen molar-refractivity contribution < 1.29 is 9.15 Å². The summed E-state index contributed by atoms with van der Waals surface area (Å²) in [6.45, 7) is 1.15. The number of hydrogen-bond donors (Lipinski definition) is 1. The van der Waals surface area contributed by atoms with Gasteiger partial charge in [0.15, 0.2) is 0 Å². The molecule has 1 saturated heterocycles. The number of ether oxygens (including phenoxy) is 1. The zero-order valence-electron chi connectivity index (χ0n) is 7.40. The lowest BCUT2D eigenvalue weighted by Gasteiger charge is -2.03. The van der Waals surface area contributed by atoms with E-state index in [0.717, 1.165) is 19.4 Å². The van der Waals surface area contributed by atoms with Crippen LogP contribution in [0, 0.1) is 0 Å². The summed E-state index contributed by atoms with van der Waals surface area (Å²) in [6.07, 6.45) is 3.18. The Morgan fingerprint density at radius 2 is 2.23 bits per heavy atom. The predicted molar refractivity (Wildman–Crippen MR) is 44.9 cm³/mol. The van der Waals surface area contributed by atoms with Crippen LogP contribution in [0.2, 0.25) is 0 Å². The highest BCUT2D eigenvalue weighted by atomic mass is 16.5. The molecule has 1 fully saturated rings. The first kappa shape index (κ1) is 8.65. The summed E-state index contributed by atoms with van der Waals surface area (Å²) in [5, 5.41) is 7.65. The number of nitrogens with two attached hydrogens (primary N) is 1. The SMILES string of the molecule is NCc1nnc(CC2CCCO2)o1. The van der Waals surface area contributed by atoms with E-state index < -0.39 is 0 Å². The first-order chi connectivity index (χ1) is 6.38. The van der Waals surface area contributed by atoms with Gasteiger partial charge < -0.3 is 14.9 Å². The Balaban J connectivity index is 1.92.